The molecular weight excluding hydrogens is 242 g/mol. The molecule has 5 heteroatoms. The second-order valence-corrected chi connectivity index (χ2v) is 4.90. The molecule has 1 unspecified atom stereocenters. The van der Waals surface area contributed by atoms with Gasteiger partial charge in [0.25, 0.3) is 0 Å². The maximum absolute atomic E-state index is 10.6. The Morgan fingerprint density at radius 3 is 3.21 bits per heavy atom. The van der Waals surface area contributed by atoms with Crippen molar-refractivity contribution in [2.24, 2.45) is 5.92 Å². The fourth-order valence-electron chi connectivity index (χ4n) is 2.50. The van der Waals surface area contributed by atoms with Gasteiger partial charge in [0.15, 0.2) is 0 Å². The Balaban J connectivity index is 2.00. The topological polar surface area (TPSA) is 77.2 Å². The zero-order valence-corrected chi connectivity index (χ0v) is 10.7. The van der Waals surface area contributed by atoms with Crippen molar-refractivity contribution in [3.05, 3.63) is 23.9 Å². The number of hydrogen-bond donors (Lipinski definition) is 1. The van der Waals surface area contributed by atoms with Crippen molar-refractivity contribution in [1.29, 1.82) is 5.26 Å². The minimum Gasteiger partial charge on any atom is -0.481 e. The molecular formula is C14H17N3O2. The number of carbonyl (C=O) groups is 1. The van der Waals surface area contributed by atoms with Crippen LogP contribution in [0.15, 0.2) is 18.3 Å². The van der Waals surface area contributed by atoms with Crippen LogP contribution in [0.1, 0.15) is 31.2 Å². The van der Waals surface area contributed by atoms with E-state index in [2.05, 4.69) is 16.0 Å². The van der Waals surface area contributed by atoms with Crippen LogP contribution in [-0.4, -0.2) is 29.1 Å². The summed E-state index contributed by atoms with van der Waals surface area (Å²) < 4.78 is 0. The average molecular weight is 259 g/mol. The lowest BCUT2D eigenvalue weighted by molar-refractivity contribution is -0.137. The van der Waals surface area contributed by atoms with Crippen LogP contribution >= 0.6 is 0 Å². The Labute approximate surface area is 112 Å². The molecule has 1 saturated heterocycles. The minimum absolute atomic E-state index is 0.226. The van der Waals surface area contributed by atoms with E-state index in [1.54, 1.807) is 18.3 Å². The first kappa shape index (κ1) is 13.3. The molecule has 0 aromatic carbocycles. The van der Waals surface area contributed by atoms with E-state index in [9.17, 15) is 4.79 Å². The molecule has 1 N–H and O–H groups in total. The summed E-state index contributed by atoms with van der Waals surface area (Å²) in [5.74, 6) is 0.484. The molecule has 2 rings (SSSR count). The maximum Gasteiger partial charge on any atom is 0.303 e. The van der Waals surface area contributed by atoms with Crippen molar-refractivity contribution in [2.45, 2.75) is 25.7 Å². The highest BCUT2D eigenvalue weighted by molar-refractivity contribution is 5.66. The number of nitrogens with zero attached hydrogens (tertiary/aromatic N) is 3. The third-order valence-corrected chi connectivity index (χ3v) is 3.48. The summed E-state index contributed by atoms with van der Waals surface area (Å²) in [6.07, 6.45) is 4.70. The third kappa shape index (κ3) is 3.68. The number of aliphatic carboxylic acids is 1. The molecule has 19 heavy (non-hydrogen) atoms. The highest BCUT2D eigenvalue weighted by atomic mass is 16.4. The predicted molar refractivity (Wildman–Crippen MR) is 70.8 cm³/mol. The predicted octanol–water partition coefficient (Wildman–Crippen LogP) is 2.03. The smallest absolute Gasteiger partial charge is 0.303 e. The monoisotopic (exact) mass is 259 g/mol. The van der Waals surface area contributed by atoms with E-state index < -0.39 is 5.97 Å². The largest absolute Gasteiger partial charge is 0.481 e. The van der Waals surface area contributed by atoms with E-state index in [0.29, 0.717) is 17.9 Å². The van der Waals surface area contributed by atoms with Crippen LogP contribution in [0.3, 0.4) is 0 Å². The van der Waals surface area contributed by atoms with E-state index >= 15 is 0 Å². The first-order valence-electron chi connectivity index (χ1n) is 6.52. The molecule has 0 amide bonds. The summed E-state index contributed by atoms with van der Waals surface area (Å²) >= 11 is 0. The molecule has 1 aromatic heterocycles. The van der Waals surface area contributed by atoms with Gasteiger partial charge in [0.1, 0.15) is 5.82 Å². The Morgan fingerprint density at radius 2 is 2.47 bits per heavy atom. The van der Waals surface area contributed by atoms with Gasteiger partial charge < -0.3 is 10.0 Å². The molecule has 0 aliphatic carbocycles. The average Bonchev–Trinajstić information content (AvgIpc) is 2.45. The summed E-state index contributed by atoms with van der Waals surface area (Å²) in [6, 6.07) is 5.59. The molecule has 1 atom stereocenters. The van der Waals surface area contributed by atoms with E-state index in [-0.39, 0.29) is 6.42 Å². The van der Waals surface area contributed by atoms with Crippen molar-refractivity contribution >= 4 is 11.8 Å². The zero-order chi connectivity index (χ0) is 13.7. The number of carboxylic acids is 1. The zero-order valence-electron chi connectivity index (χ0n) is 10.7. The first-order chi connectivity index (χ1) is 9.19. The van der Waals surface area contributed by atoms with Gasteiger partial charge in [0.05, 0.1) is 11.6 Å². The minimum atomic E-state index is -0.735. The normalized spacial score (nSPS) is 18.9. The van der Waals surface area contributed by atoms with Gasteiger partial charge in [-0.1, -0.05) is 0 Å². The molecule has 1 aromatic rings. The molecule has 1 aliphatic heterocycles. The molecule has 2 heterocycles. The summed E-state index contributed by atoms with van der Waals surface area (Å²) in [5, 5.41) is 17.6. The van der Waals surface area contributed by atoms with E-state index in [1.165, 1.54) is 0 Å². The van der Waals surface area contributed by atoms with Crippen LogP contribution < -0.4 is 4.90 Å². The molecule has 5 nitrogen and oxygen atoms in total. The van der Waals surface area contributed by atoms with Crippen molar-refractivity contribution in [3.63, 3.8) is 0 Å². The van der Waals surface area contributed by atoms with Gasteiger partial charge >= 0.3 is 5.97 Å². The van der Waals surface area contributed by atoms with Gasteiger partial charge in [-0.05, 0) is 37.3 Å². The number of nitriles is 1. The van der Waals surface area contributed by atoms with E-state index in [4.69, 9.17) is 10.4 Å². The quantitative estimate of drug-likeness (QED) is 0.895. The summed E-state index contributed by atoms with van der Waals surface area (Å²) in [6.45, 7) is 1.75. The number of carboxylic acid groups (broad SMARTS) is 1. The molecule has 100 valence electrons. The summed E-state index contributed by atoms with van der Waals surface area (Å²) in [4.78, 5) is 17.1. The Kier molecular flexibility index (Phi) is 4.35. The number of anilines is 1. The fourth-order valence-corrected chi connectivity index (χ4v) is 2.50. The third-order valence-electron chi connectivity index (χ3n) is 3.48. The van der Waals surface area contributed by atoms with Crippen LogP contribution in [0.25, 0.3) is 0 Å². The molecule has 0 radical (unpaired) electrons. The van der Waals surface area contributed by atoms with Gasteiger partial charge in [0.2, 0.25) is 0 Å². The van der Waals surface area contributed by atoms with Crippen LogP contribution in [0.5, 0.6) is 0 Å². The van der Waals surface area contributed by atoms with E-state index in [1.807, 2.05) is 0 Å². The molecule has 0 saturated carbocycles. The van der Waals surface area contributed by atoms with Crippen LogP contribution in [0.2, 0.25) is 0 Å². The first-order valence-corrected chi connectivity index (χ1v) is 6.52. The highest BCUT2D eigenvalue weighted by Crippen LogP contribution is 2.24. The van der Waals surface area contributed by atoms with Crippen LogP contribution in [0.4, 0.5) is 5.82 Å². The van der Waals surface area contributed by atoms with E-state index in [0.717, 1.165) is 31.7 Å². The Bertz CT molecular complexity index is 496. The number of pyridine rings is 1. The standard InChI is InChI=1S/C14H17N3O2/c15-9-12-5-6-16-13(8-12)17-7-1-2-11(10-17)3-4-14(18)19/h5-6,8,11H,1-4,7,10H2,(H,18,19). The second-order valence-electron chi connectivity index (χ2n) is 4.90. The number of rotatable bonds is 4. The summed E-state index contributed by atoms with van der Waals surface area (Å²) in [5.41, 5.74) is 0.609. The lowest BCUT2D eigenvalue weighted by Crippen LogP contribution is -2.36. The molecule has 1 fully saturated rings. The number of aromatic nitrogens is 1. The van der Waals surface area contributed by atoms with Crippen LogP contribution in [-0.2, 0) is 4.79 Å². The SMILES string of the molecule is N#Cc1ccnc(N2CCCC(CCC(=O)O)C2)c1. The van der Waals surface area contributed by atoms with Gasteiger partial charge in [-0.25, -0.2) is 4.98 Å². The number of hydrogen-bond acceptors (Lipinski definition) is 4. The lowest BCUT2D eigenvalue weighted by atomic mass is 9.93. The van der Waals surface area contributed by atoms with Crippen molar-refractivity contribution in [1.82, 2.24) is 4.98 Å². The van der Waals surface area contributed by atoms with Crippen molar-refractivity contribution < 1.29 is 9.90 Å². The molecule has 1 aliphatic rings. The van der Waals surface area contributed by atoms with Gasteiger partial charge in [-0.3, -0.25) is 4.79 Å². The fraction of sp³-hybridized carbons (Fsp3) is 0.500. The van der Waals surface area contributed by atoms with Gasteiger partial charge in [-0.15, -0.1) is 0 Å². The van der Waals surface area contributed by atoms with Gasteiger partial charge in [0, 0.05) is 25.7 Å². The maximum atomic E-state index is 10.6. The van der Waals surface area contributed by atoms with Crippen LogP contribution in [0, 0.1) is 17.2 Å². The highest BCUT2D eigenvalue weighted by Gasteiger charge is 2.21. The molecule has 0 bridgehead atoms. The lowest BCUT2D eigenvalue weighted by Gasteiger charge is -2.33. The summed E-state index contributed by atoms with van der Waals surface area (Å²) in [7, 11) is 0. The second kappa shape index (κ2) is 6.19. The Hall–Kier alpha value is -2.09. The molecule has 0 spiro atoms. The van der Waals surface area contributed by atoms with Crippen molar-refractivity contribution in [2.75, 3.05) is 18.0 Å². The van der Waals surface area contributed by atoms with Crippen molar-refractivity contribution in [3.8, 4) is 6.07 Å². The Morgan fingerprint density at radius 1 is 1.63 bits per heavy atom. The number of piperidine rings is 1. The van der Waals surface area contributed by atoms with Gasteiger partial charge in [-0.2, -0.15) is 5.26 Å².